The lowest BCUT2D eigenvalue weighted by atomic mass is 9.79. The number of hydrogen-bond acceptors (Lipinski definition) is 15. The highest BCUT2D eigenvalue weighted by atomic mass is 16.7. The lowest BCUT2D eigenvalue weighted by Crippen LogP contribution is -2.49. The molecule has 7 unspecified atom stereocenters. The highest BCUT2D eigenvalue weighted by Crippen LogP contribution is 2.45. The maximum Gasteiger partial charge on any atom is 0.306 e. The Kier molecular flexibility index (Phi) is 12.9. The molecule has 16 nitrogen and oxygen atoms in total. The van der Waals surface area contributed by atoms with Crippen LogP contribution in [0, 0.1) is 0 Å². The molecule has 4 heterocycles. The Labute approximate surface area is 342 Å². The lowest BCUT2D eigenvalue weighted by molar-refractivity contribution is -0.295. The van der Waals surface area contributed by atoms with E-state index in [2.05, 4.69) is 0 Å². The molecule has 6 N–H and O–H groups in total. The van der Waals surface area contributed by atoms with Gasteiger partial charge in [0.15, 0.2) is 30.4 Å². The normalized spacial score (nSPS) is 36.0. The number of carboxylic acids is 1. The van der Waals surface area contributed by atoms with E-state index in [9.17, 15) is 45.0 Å². The Morgan fingerprint density at radius 3 is 1.83 bits per heavy atom. The Bertz CT molecular complexity index is 1890. The molecule has 0 amide bonds. The highest BCUT2D eigenvalue weighted by molar-refractivity contribution is 6.30. The molecule has 16 heteroatoms. The van der Waals surface area contributed by atoms with Crippen molar-refractivity contribution in [2.45, 2.75) is 178 Å². The zero-order valence-corrected chi connectivity index (χ0v) is 33.9. The molecule has 7 rings (SSSR count). The number of carbonyl (C=O) groups is 3. The van der Waals surface area contributed by atoms with Crippen molar-refractivity contribution >= 4 is 17.5 Å². The maximum atomic E-state index is 14.0. The van der Waals surface area contributed by atoms with E-state index in [4.69, 9.17) is 33.2 Å². The standard InChI is InChI=1S/C43H56O16/c1-19-27(44)10-13-33(54-19)57-30-12-15-35(56-21(30)3)59-43(5,18-32(47)48)17-23-6-7-25-36(38(23)49)40(51)26-9-8-24(39(50)37(26)41(25)52)31-16-29(46)42(22(4)53-31)58-34-14-11-28(45)20(2)55-34/h6-9,19-22,27-31,33-35,42,44-46,49-50H,10-18H2,1-5H3,(H,47,48)/t19?,20?,21?,22?,27-,28-,29-,30+,31?,33+,34+,35+,42?,43?/m1/s1. The third kappa shape index (κ3) is 9.08. The molecule has 1 aliphatic carbocycles. The summed E-state index contributed by atoms with van der Waals surface area (Å²) in [6, 6.07) is 5.64. The first kappa shape index (κ1) is 43.5. The Morgan fingerprint density at radius 1 is 0.695 bits per heavy atom. The minimum Gasteiger partial charge on any atom is -0.507 e. The van der Waals surface area contributed by atoms with Gasteiger partial charge in [-0.05, 0) is 71.6 Å². The number of phenols is 2. The molecule has 2 aromatic rings. The molecule has 14 atom stereocenters. The van der Waals surface area contributed by atoms with E-state index >= 15 is 0 Å². The number of aliphatic carboxylic acids is 1. The van der Waals surface area contributed by atoms with Crippen LogP contribution in [-0.2, 0) is 44.4 Å². The number of hydrogen-bond donors (Lipinski definition) is 6. The van der Waals surface area contributed by atoms with Crippen molar-refractivity contribution in [3.05, 3.63) is 57.6 Å². The van der Waals surface area contributed by atoms with E-state index in [-0.39, 0.29) is 58.4 Å². The molecule has 0 saturated carbocycles. The summed E-state index contributed by atoms with van der Waals surface area (Å²) in [5.41, 5.74) is -1.86. The topological polar surface area (TPSA) is 237 Å². The fourth-order valence-corrected chi connectivity index (χ4v) is 9.04. The number of benzene rings is 2. The van der Waals surface area contributed by atoms with Gasteiger partial charge in [0.25, 0.3) is 0 Å². The zero-order valence-electron chi connectivity index (χ0n) is 33.9. The first-order chi connectivity index (χ1) is 27.9. The van der Waals surface area contributed by atoms with Gasteiger partial charge in [0.05, 0.1) is 78.1 Å². The van der Waals surface area contributed by atoms with E-state index in [0.29, 0.717) is 38.5 Å². The average molecular weight is 829 g/mol. The first-order valence-electron chi connectivity index (χ1n) is 20.6. The van der Waals surface area contributed by atoms with Gasteiger partial charge in [-0.3, -0.25) is 14.4 Å². The number of carboxylic acid groups (broad SMARTS) is 1. The number of ether oxygens (including phenoxy) is 7. The van der Waals surface area contributed by atoms with Crippen molar-refractivity contribution in [3.63, 3.8) is 0 Å². The highest BCUT2D eigenvalue weighted by Gasteiger charge is 2.44. The van der Waals surface area contributed by atoms with E-state index in [1.54, 1.807) is 27.7 Å². The summed E-state index contributed by atoms with van der Waals surface area (Å²) in [5, 5.41) is 64.1. The minimum absolute atomic E-state index is 0.00596. The second kappa shape index (κ2) is 17.4. The largest absolute Gasteiger partial charge is 0.507 e. The van der Waals surface area contributed by atoms with Crippen molar-refractivity contribution in [1.82, 2.24) is 0 Å². The van der Waals surface area contributed by atoms with Crippen LogP contribution in [0.25, 0.3) is 0 Å². The van der Waals surface area contributed by atoms with Gasteiger partial charge in [-0.2, -0.15) is 0 Å². The van der Waals surface area contributed by atoms with Crippen LogP contribution in [0.4, 0.5) is 0 Å². The predicted molar refractivity (Wildman–Crippen MR) is 205 cm³/mol. The van der Waals surface area contributed by atoms with E-state index in [0.717, 1.165) is 0 Å². The summed E-state index contributed by atoms with van der Waals surface area (Å²) < 4.78 is 42.4. The SMILES string of the molecule is CC1OC(c2ccc3c(c2O)C(=O)c2ccc(CC(C)(CC(=O)O)O[C@H]4CC[C@H](O[C@H]5CC[C@@H](O)C(C)O5)C(C)O4)c(O)c2C3=O)C[C@@H](O)C1O[C@H]1CC[C@@H](O)C(C)O1. The molecule has 5 aliphatic rings. The quantitative estimate of drug-likeness (QED) is 0.161. The van der Waals surface area contributed by atoms with Gasteiger partial charge >= 0.3 is 5.97 Å². The summed E-state index contributed by atoms with van der Waals surface area (Å²) in [5.74, 6) is -3.56. The van der Waals surface area contributed by atoms with Gasteiger partial charge in [-0.25, -0.2) is 0 Å². The fraction of sp³-hybridized carbons (Fsp3) is 0.651. The van der Waals surface area contributed by atoms with Crippen LogP contribution < -0.4 is 0 Å². The molecule has 59 heavy (non-hydrogen) atoms. The number of rotatable bonds is 11. The average Bonchev–Trinajstić information content (AvgIpc) is 3.16. The first-order valence-corrected chi connectivity index (χ1v) is 20.6. The molecule has 324 valence electrons. The van der Waals surface area contributed by atoms with Crippen molar-refractivity contribution in [1.29, 1.82) is 0 Å². The second-order valence-electron chi connectivity index (χ2n) is 17.0. The van der Waals surface area contributed by atoms with Crippen molar-refractivity contribution in [2.75, 3.05) is 0 Å². The van der Waals surface area contributed by atoms with Gasteiger partial charge in [0, 0.05) is 48.8 Å². The predicted octanol–water partition coefficient (Wildman–Crippen LogP) is 3.94. The van der Waals surface area contributed by atoms with Crippen LogP contribution in [0.15, 0.2) is 24.3 Å². The Balaban J connectivity index is 1.04. The van der Waals surface area contributed by atoms with Crippen LogP contribution in [0.1, 0.15) is 135 Å². The maximum absolute atomic E-state index is 14.0. The van der Waals surface area contributed by atoms with Crippen LogP contribution >= 0.6 is 0 Å². The van der Waals surface area contributed by atoms with Crippen molar-refractivity contribution in [2.24, 2.45) is 0 Å². The van der Waals surface area contributed by atoms with Gasteiger partial charge in [-0.15, -0.1) is 0 Å². The van der Waals surface area contributed by atoms with Crippen LogP contribution in [0.2, 0.25) is 0 Å². The van der Waals surface area contributed by atoms with Crippen LogP contribution in [0.5, 0.6) is 11.5 Å². The minimum atomic E-state index is -1.42. The third-order valence-corrected chi connectivity index (χ3v) is 12.4. The molecule has 0 spiro atoms. The van der Waals surface area contributed by atoms with Crippen LogP contribution in [-0.4, -0.2) is 128 Å². The van der Waals surface area contributed by atoms with Crippen molar-refractivity contribution < 1.29 is 78.2 Å². The third-order valence-electron chi connectivity index (χ3n) is 12.4. The van der Waals surface area contributed by atoms with Gasteiger partial charge < -0.3 is 63.8 Å². The van der Waals surface area contributed by atoms with E-state index in [1.807, 2.05) is 6.92 Å². The molecular weight excluding hydrogens is 772 g/mol. The van der Waals surface area contributed by atoms with Crippen molar-refractivity contribution in [3.8, 4) is 11.5 Å². The molecule has 2 aromatic carbocycles. The molecule has 0 radical (unpaired) electrons. The molecule has 4 saturated heterocycles. The van der Waals surface area contributed by atoms with Crippen LogP contribution in [0.3, 0.4) is 0 Å². The molecule has 0 bridgehead atoms. The van der Waals surface area contributed by atoms with Gasteiger partial charge in [-0.1, -0.05) is 12.1 Å². The Morgan fingerprint density at radius 2 is 1.25 bits per heavy atom. The molecule has 4 aliphatic heterocycles. The smallest absolute Gasteiger partial charge is 0.306 e. The van der Waals surface area contributed by atoms with E-state index in [1.165, 1.54) is 24.3 Å². The number of ketones is 2. The van der Waals surface area contributed by atoms with Gasteiger partial charge in [0.2, 0.25) is 0 Å². The number of fused-ring (bicyclic) bond motifs is 2. The molecular formula is C43H56O16. The summed E-state index contributed by atoms with van der Waals surface area (Å²) in [7, 11) is 0. The summed E-state index contributed by atoms with van der Waals surface area (Å²) >= 11 is 0. The summed E-state index contributed by atoms with van der Waals surface area (Å²) in [6.45, 7) is 8.65. The molecule has 4 fully saturated rings. The summed E-state index contributed by atoms with van der Waals surface area (Å²) in [6.07, 6.45) is -5.62. The Hall–Kier alpha value is -3.55. The number of carbonyl (C=O) groups excluding carboxylic acids is 2. The fourth-order valence-electron chi connectivity index (χ4n) is 9.04. The number of aromatic hydroxyl groups is 2. The number of aliphatic hydroxyl groups excluding tert-OH is 3. The monoisotopic (exact) mass is 828 g/mol. The number of phenolic OH excluding ortho intramolecular Hbond substituents is 2. The molecule has 0 aromatic heterocycles. The second-order valence-corrected chi connectivity index (χ2v) is 17.0. The lowest BCUT2D eigenvalue weighted by Gasteiger charge is -2.41. The van der Waals surface area contributed by atoms with Gasteiger partial charge in [0.1, 0.15) is 17.6 Å². The summed E-state index contributed by atoms with van der Waals surface area (Å²) in [4.78, 5) is 40.2. The number of aliphatic hydroxyl groups is 3. The zero-order chi connectivity index (χ0) is 42.5. The van der Waals surface area contributed by atoms with E-state index < -0.39 is 109 Å².